The van der Waals surface area contributed by atoms with Crippen LogP contribution in [0, 0.1) is 20.8 Å². The number of amides is 1. The zero-order chi connectivity index (χ0) is 19.2. The molecule has 144 valence electrons. The van der Waals surface area contributed by atoms with Crippen LogP contribution in [0.1, 0.15) is 32.6 Å². The van der Waals surface area contributed by atoms with Crippen molar-refractivity contribution in [1.82, 2.24) is 15.1 Å². The molecule has 1 fully saturated rings. The van der Waals surface area contributed by atoms with Crippen LogP contribution in [0.5, 0.6) is 0 Å². The molecule has 1 aliphatic rings. The Morgan fingerprint density at radius 1 is 0.926 bits per heavy atom. The summed E-state index contributed by atoms with van der Waals surface area (Å²) in [4.78, 5) is 17.5. The Bertz CT molecular complexity index is 741. The van der Waals surface area contributed by atoms with E-state index in [-0.39, 0.29) is 5.91 Å². The second kappa shape index (κ2) is 9.16. The van der Waals surface area contributed by atoms with Gasteiger partial charge >= 0.3 is 0 Å². The van der Waals surface area contributed by atoms with Gasteiger partial charge in [-0.25, -0.2) is 0 Å². The van der Waals surface area contributed by atoms with Crippen LogP contribution in [0.4, 0.5) is 0 Å². The summed E-state index contributed by atoms with van der Waals surface area (Å²) in [7, 11) is 0. The van der Waals surface area contributed by atoms with E-state index in [1.54, 1.807) is 0 Å². The molecule has 1 aliphatic heterocycles. The minimum atomic E-state index is 0.0488. The van der Waals surface area contributed by atoms with Crippen molar-refractivity contribution in [2.45, 2.75) is 27.3 Å². The molecule has 4 nitrogen and oxygen atoms in total. The van der Waals surface area contributed by atoms with Gasteiger partial charge in [-0.15, -0.1) is 0 Å². The van der Waals surface area contributed by atoms with Gasteiger partial charge in [-0.2, -0.15) is 0 Å². The van der Waals surface area contributed by atoms with Crippen LogP contribution in [0.2, 0.25) is 0 Å². The minimum absolute atomic E-state index is 0.0488. The van der Waals surface area contributed by atoms with Crippen molar-refractivity contribution in [3.8, 4) is 0 Å². The summed E-state index contributed by atoms with van der Waals surface area (Å²) >= 11 is 0. The standard InChI is InChI=1S/C23H31N3O/c1-18-15-19(2)22(20(3)16-18)23(27)24-9-10-25-11-13-26(14-12-25)17-21-7-5-4-6-8-21/h4-8,15-16H,9-14,17H2,1-3H3,(H,24,27). The van der Waals surface area contributed by atoms with E-state index in [1.165, 1.54) is 11.1 Å². The number of rotatable bonds is 6. The molecule has 2 aromatic carbocycles. The first-order valence-electron chi connectivity index (χ1n) is 9.87. The summed E-state index contributed by atoms with van der Waals surface area (Å²) < 4.78 is 0. The summed E-state index contributed by atoms with van der Waals surface area (Å²) in [5.41, 5.74) is 5.52. The molecule has 0 radical (unpaired) electrons. The lowest BCUT2D eigenvalue weighted by Crippen LogP contribution is -2.48. The van der Waals surface area contributed by atoms with Crippen LogP contribution < -0.4 is 5.32 Å². The molecule has 0 unspecified atom stereocenters. The topological polar surface area (TPSA) is 35.6 Å². The lowest BCUT2D eigenvalue weighted by Gasteiger charge is -2.34. The third-order valence-electron chi connectivity index (χ3n) is 5.33. The molecule has 1 amide bonds. The number of carbonyl (C=O) groups is 1. The summed E-state index contributed by atoms with van der Waals surface area (Å²) in [6.45, 7) is 13.0. The molecule has 1 N–H and O–H groups in total. The predicted octanol–water partition coefficient (Wildman–Crippen LogP) is 3.16. The van der Waals surface area contributed by atoms with Crippen LogP contribution in [-0.2, 0) is 6.54 Å². The maximum Gasteiger partial charge on any atom is 0.251 e. The molecule has 1 heterocycles. The first-order chi connectivity index (χ1) is 13.0. The zero-order valence-electron chi connectivity index (χ0n) is 16.8. The molecule has 0 aromatic heterocycles. The van der Waals surface area contributed by atoms with Gasteiger partial charge in [0.2, 0.25) is 0 Å². The van der Waals surface area contributed by atoms with Gasteiger partial charge in [0.05, 0.1) is 0 Å². The largest absolute Gasteiger partial charge is 0.351 e. The normalized spacial score (nSPS) is 15.7. The maximum absolute atomic E-state index is 12.6. The van der Waals surface area contributed by atoms with E-state index in [2.05, 4.69) is 64.5 Å². The Balaban J connectivity index is 1.41. The third kappa shape index (κ3) is 5.41. The monoisotopic (exact) mass is 365 g/mol. The highest BCUT2D eigenvalue weighted by atomic mass is 16.1. The van der Waals surface area contributed by atoms with Crippen molar-refractivity contribution >= 4 is 5.91 Å². The smallest absolute Gasteiger partial charge is 0.251 e. The number of nitrogens with one attached hydrogen (secondary N) is 1. The lowest BCUT2D eigenvalue weighted by atomic mass is 9.99. The summed E-state index contributed by atoms with van der Waals surface area (Å²) in [5.74, 6) is 0.0488. The van der Waals surface area contributed by atoms with E-state index < -0.39 is 0 Å². The van der Waals surface area contributed by atoms with E-state index in [0.717, 1.165) is 56.0 Å². The fourth-order valence-electron chi connectivity index (χ4n) is 3.97. The van der Waals surface area contributed by atoms with E-state index in [4.69, 9.17) is 0 Å². The first-order valence-corrected chi connectivity index (χ1v) is 9.87. The fourth-order valence-corrected chi connectivity index (χ4v) is 3.97. The van der Waals surface area contributed by atoms with Crippen LogP contribution in [0.15, 0.2) is 42.5 Å². The van der Waals surface area contributed by atoms with E-state index in [0.29, 0.717) is 6.54 Å². The van der Waals surface area contributed by atoms with E-state index in [9.17, 15) is 4.79 Å². The SMILES string of the molecule is Cc1cc(C)c(C(=O)NCCN2CCN(Cc3ccccc3)CC2)c(C)c1. The summed E-state index contributed by atoms with van der Waals surface area (Å²) in [6.07, 6.45) is 0. The molecule has 1 saturated heterocycles. The van der Waals surface area contributed by atoms with Crippen molar-refractivity contribution in [2.75, 3.05) is 39.3 Å². The fraction of sp³-hybridized carbons (Fsp3) is 0.435. The van der Waals surface area contributed by atoms with Crippen molar-refractivity contribution in [3.63, 3.8) is 0 Å². The molecular formula is C23H31N3O. The molecule has 0 saturated carbocycles. The average Bonchev–Trinajstić information content (AvgIpc) is 2.63. The Morgan fingerprint density at radius 3 is 2.15 bits per heavy atom. The second-order valence-corrected chi connectivity index (χ2v) is 7.63. The lowest BCUT2D eigenvalue weighted by molar-refractivity contribution is 0.0933. The third-order valence-corrected chi connectivity index (χ3v) is 5.33. The second-order valence-electron chi connectivity index (χ2n) is 7.63. The predicted molar refractivity (Wildman–Crippen MR) is 111 cm³/mol. The van der Waals surface area contributed by atoms with Gasteiger partial charge in [-0.05, 0) is 37.5 Å². The van der Waals surface area contributed by atoms with Gasteiger partial charge < -0.3 is 5.32 Å². The van der Waals surface area contributed by atoms with Crippen LogP contribution >= 0.6 is 0 Å². The Labute approximate surface area is 163 Å². The molecule has 0 aliphatic carbocycles. The van der Waals surface area contributed by atoms with Crippen LogP contribution in [-0.4, -0.2) is 55.0 Å². The minimum Gasteiger partial charge on any atom is -0.351 e. The Kier molecular flexibility index (Phi) is 6.64. The van der Waals surface area contributed by atoms with Gasteiger partial charge in [0.1, 0.15) is 0 Å². The van der Waals surface area contributed by atoms with Gasteiger partial charge in [0.25, 0.3) is 5.91 Å². The van der Waals surface area contributed by atoms with Crippen molar-refractivity contribution in [1.29, 1.82) is 0 Å². The number of hydrogen-bond donors (Lipinski definition) is 1. The van der Waals surface area contributed by atoms with E-state index >= 15 is 0 Å². The molecule has 0 atom stereocenters. The summed E-state index contributed by atoms with van der Waals surface area (Å²) in [5, 5.41) is 3.10. The highest BCUT2D eigenvalue weighted by molar-refractivity contribution is 5.97. The van der Waals surface area contributed by atoms with Crippen molar-refractivity contribution < 1.29 is 4.79 Å². The highest BCUT2D eigenvalue weighted by Gasteiger charge is 2.17. The first kappa shape index (κ1) is 19.6. The molecule has 27 heavy (non-hydrogen) atoms. The molecule has 4 heteroatoms. The Hall–Kier alpha value is -2.17. The number of nitrogens with zero attached hydrogens (tertiary/aromatic N) is 2. The molecule has 2 aromatic rings. The van der Waals surface area contributed by atoms with Crippen molar-refractivity contribution in [3.05, 3.63) is 70.3 Å². The number of carbonyl (C=O) groups excluding carboxylic acids is 1. The summed E-state index contributed by atoms with van der Waals surface area (Å²) in [6, 6.07) is 14.8. The molecular weight excluding hydrogens is 334 g/mol. The maximum atomic E-state index is 12.6. The average molecular weight is 366 g/mol. The van der Waals surface area contributed by atoms with E-state index in [1.807, 2.05) is 13.8 Å². The molecule has 0 spiro atoms. The van der Waals surface area contributed by atoms with Gasteiger partial charge in [0, 0.05) is 51.4 Å². The molecule has 0 bridgehead atoms. The number of hydrogen-bond acceptors (Lipinski definition) is 3. The molecule has 3 rings (SSSR count). The van der Waals surface area contributed by atoms with Gasteiger partial charge in [-0.1, -0.05) is 48.0 Å². The quantitative estimate of drug-likeness (QED) is 0.854. The highest BCUT2D eigenvalue weighted by Crippen LogP contribution is 2.16. The number of aryl methyl sites for hydroxylation is 3. The van der Waals surface area contributed by atoms with Gasteiger partial charge in [-0.3, -0.25) is 14.6 Å². The van der Waals surface area contributed by atoms with Crippen LogP contribution in [0.25, 0.3) is 0 Å². The zero-order valence-corrected chi connectivity index (χ0v) is 16.8. The van der Waals surface area contributed by atoms with Crippen LogP contribution in [0.3, 0.4) is 0 Å². The number of benzene rings is 2. The van der Waals surface area contributed by atoms with Gasteiger partial charge in [0.15, 0.2) is 0 Å². The number of piperazine rings is 1. The van der Waals surface area contributed by atoms with Crippen molar-refractivity contribution in [2.24, 2.45) is 0 Å². The Morgan fingerprint density at radius 2 is 1.52 bits per heavy atom.